The summed E-state index contributed by atoms with van der Waals surface area (Å²) < 4.78 is 5.44. The zero-order valence-corrected chi connectivity index (χ0v) is 10.7. The zero-order chi connectivity index (χ0) is 13.0. The number of primary amides is 1. The summed E-state index contributed by atoms with van der Waals surface area (Å²) in [6.07, 6.45) is -0.158. The number of rotatable bonds is 5. The number of carbonyl (C=O) groups excluding carboxylic acids is 1. The Morgan fingerprint density at radius 1 is 1.53 bits per heavy atom. The van der Waals surface area contributed by atoms with E-state index >= 15 is 0 Å². The molecule has 0 radical (unpaired) electrons. The molecule has 1 aromatic carbocycles. The van der Waals surface area contributed by atoms with Crippen LogP contribution in [-0.2, 0) is 4.79 Å². The molecule has 94 valence electrons. The molecule has 5 heteroatoms. The van der Waals surface area contributed by atoms with E-state index in [-0.39, 0.29) is 6.04 Å². The van der Waals surface area contributed by atoms with Crippen LogP contribution in [0.3, 0.4) is 0 Å². The monoisotopic (exact) mass is 256 g/mol. The van der Waals surface area contributed by atoms with Crippen molar-refractivity contribution >= 4 is 17.5 Å². The van der Waals surface area contributed by atoms with Crippen molar-refractivity contribution < 1.29 is 9.53 Å². The van der Waals surface area contributed by atoms with Crippen molar-refractivity contribution in [3.8, 4) is 5.75 Å². The fourth-order valence-electron chi connectivity index (χ4n) is 1.39. The molecule has 1 aromatic rings. The fraction of sp³-hybridized carbons (Fsp3) is 0.417. The Kier molecular flexibility index (Phi) is 4.78. The second-order valence-electron chi connectivity index (χ2n) is 3.90. The molecule has 0 spiro atoms. The summed E-state index contributed by atoms with van der Waals surface area (Å²) in [4.78, 5) is 11.1. The number of ether oxygens (including phenoxy) is 1. The minimum absolute atomic E-state index is 0.0975. The van der Waals surface area contributed by atoms with Gasteiger partial charge in [0.1, 0.15) is 5.75 Å². The van der Waals surface area contributed by atoms with Gasteiger partial charge in [-0.15, -0.1) is 0 Å². The Labute approximate surface area is 106 Å². The standard InChI is InChI=1S/C12H17ClN2O2/c1-3-10(12(15)16)17-11-5-4-8(7(2)14)6-9(11)13/h4-7,10H,3,14H2,1-2H3,(H2,15,16). The topological polar surface area (TPSA) is 78.3 Å². The van der Waals surface area contributed by atoms with Gasteiger partial charge in [0, 0.05) is 6.04 Å². The van der Waals surface area contributed by atoms with Crippen LogP contribution in [0.5, 0.6) is 5.75 Å². The maximum absolute atomic E-state index is 11.1. The first-order valence-electron chi connectivity index (χ1n) is 5.46. The van der Waals surface area contributed by atoms with Gasteiger partial charge < -0.3 is 16.2 Å². The van der Waals surface area contributed by atoms with Crippen molar-refractivity contribution in [2.24, 2.45) is 11.5 Å². The van der Waals surface area contributed by atoms with E-state index in [1.807, 2.05) is 19.9 Å². The van der Waals surface area contributed by atoms with Gasteiger partial charge in [-0.3, -0.25) is 4.79 Å². The molecule has 1 rings (SSSR count). The van der Waals surface area contributed by atoms with Crippen LogP contribution in [0.15, 0.2) is 18.2 Å². The van der Waals surface area contributed by atoms with Gasteiger partial charge in [0.2, 0.25) is 0 Å². The summed E-state index contributed by atoms with van der Waals surface area (Å²) in [5.74, 6) is -0.0541. The third-order valence-electron chi connectivity index (χ3n) is 2.44. The predicted octanol–water partition coefficient (Wildman–Crippen LogP) is 2.00. The van der Waals surface area contributed by atoms with E-state index in [4.69, 9.17) is 27.8 Å². The molecular formula is C12H17ClN2O2. The quantitative estimate of drug-likeness (QED) is 0.846. The molecule has 2 atom stereocenters. The van der Waals surface area contributed by atoms with Crippen molar-refractivity contribution in [1.82, 2.24) is 0 Å². The molecule has 0 saturated heterocycles. The minimum atomic E-state index is -0.659. The Morgan fingerprint density at radius 3 is 2.59 bits per heavy atom. The Balaban J connectivity index is 2.89. The highest BCUT2D eigenvalue weighted by Gasteiger charge is 2.16. The number of halogens is 1. The lowest BCUT2D eigenvalue weighted by atomic mass is 10.1. The lowest BCUT2D eigenvalue weighted by molar-refractivity contribution is -0.124. The van der Waals surface area contributed by atoms with E-state index in [2.05, 4.69) is 0 Å². The first-order valence-corrected chi connectivity index (χ1v) is 5.84. The van der Waals surface area contributed by atoms with Crippen LogP contribution in [0, 0.1) is 0 Å². The predicted molar refractivity (Wildman–Crippen MR) is 68.0 cm³/mol. The summed E-state index contributed by atoms with van der Waals surface area (Å²) in [5.41, 5.74) is 11.8. The molecule has 1 amide bonds. The van der Waals surface area contributed by atoms with Crippen LogP contribution in [0.1, 0.15) is 31.9 Å². The van der Waals surface area contributed by atoms with Gasteiger partial charge >= 0.3 is 0 Å². The van der Waals surface area contributed by atoms with E-state index in [0.717, 1.165) is 5.56 Å². The van der Waals surface area contributed by atoms with Gasteiger partial charge in [0.25, 0.3) is 5.91 Å². The number of carbonyl (C=O) groups is 1. The number of nitrogens with two attached hydrogens (primary N) is 2. The first-order chi connectivity index (χ1) is 7.95. The second kappa shape index (κ2) is 5.89. The summed E-state index contributed by atoms with van der Waals surface area (Å²) >= 11 is 6.05. The first kappa shape index (κ1) is 13.8. The molecule has 0 aliphatic carbocycles. The summed E-state index contributed by atoms with van der Waals surface area (Å²) in [5, 5.41) is 0.430. The molecule has 17 heavy (non-hydrogen) atoms. The minimum Gasteiger partial charge on any atom is -0.479 e. The van der Waals surface area contributed by atoms with Crippen molar-refractivity contribution in [2.75, 3.05) is 0 Å². The molecule has 0 saturated carbocycles. The third-order valence-corrected chi connectivity index (χ3v) is 2.73. The van der Waals surface area contributed by atoms with Gasteiger partial charge in [-0.2, -0.15) is 0 Å². The highest BCUT2D eigenvalue weighted by Crippen LogP contribution is 2.28. The van der Waals surface area contributed by atoms with Crippen LogP contribution in [0.25, 0.3) is 0 Å². The highest BCUT2D eigenvalue weighted by molar-refractivity contribution is 6.32. The molecule has 0 aliphatic heterocycles. The normalized spacial score (nSPS) is 14.1. The van der Waals surface area contributed by atoms with Gasteiger partial charge in [-0.25, -0.2) is 0 Å². The molecule has 0 aromatic heterocycles. The summed E-state index contributed by atoms with van der Waals surface area (Å²) in [6.45, 7) is 3.68. The molecule has 2 unspecified atom stereocenters. The van der Waals surface area contributed by atoms with Crippen LogP contribution < -0.4 is 16.2 Å². The summed E-state index contributed by atoms with van der Waals surface area (Å²) in [7, 11) is 0. The lowest BCUT2D eigenvalue weighted by Crippen LogP contribution is -2.33. The van der Waals surface area contributed by atoms with Crippen molar-refractivity contribution in [3.63, 3.8) is 0 Å². The van der Waals surface area contributed by atoms with Gasteiger partial charge in [-0.05, 0) is 31.0 Å². The van der Waals surface area contributed by atoms with Crippen LogP contribution in [-0.4, -0.2) is 12.0 Å². The van der Waals surface area contributed by atoms with Crippen molar-refractivity contribution in [3.05, 3.63) is 28.8 Å². The zero-order valence-electron chi connectivity index (χ0n) is 9.94. The molecule has 4 nitrogen and oxygen atoms in total. The molecule has 4 N–H and O–H groups in total. The SMILES string of the molecule is CCC(Oc1ccc(C(C)N)cc1Cl)C(N)=O. The van der Waals surface area contributed by atoms with Crippen LogP contribution in [0.2, 0.25) is 5.02 Å². The highest BCUT2D eigenvalue weighted by atomic mass is 35.5. The maximum Gasteiger partial charge on any atom is 0.258 e. The van der Waals surface area contributed by atoms with Gasteiger partial charge in [-0.1, -0.05) is 24.6 Å². The van der Waals surface area contributed by atoms with E-state index in [1.54, 1.807) is 12.1 Å². The van der Waals surface area contributed by atoms with E-state index < -0.39 is 12.0 Å². The van der Waals surface area contributed by atoms with Crippen LogP contribution in [0.4, 0.5) is 0 Å². The van der Waals surface area contributed by atoms with Crippen molar-refractivity contribution in [2.45, 2.75) is 32.4 Å². The van der Waals surface area contributed by atoms with E-state index in [1.165, 1.54) is 0 Å². The Bertz CT molecular complexity index is 407. The molecule has 0 fully saturated rings. The number of amides is 1. The Hall–Kier alpha value is -1.26. The average Bonchev–Trinajstić information content (AvgIpc) is 2.26. The smallest absolute Gasteiger partial charge is 0.258 e. The fourth-order valence-corrected chi connectivity index (χ4v) is 1.63. The van der Waals surface area contributed by atoms with Gasteiger partial charge in [0.15, 0.2) is 6.10 Å². The number of hydrogen-bond acceptors (Lipinski definition) is 3. The number of hydrogen-bond donors (Lipinski definition) is 2. The van der Waals surface area contributed by atoms with Crippen molar-refractivity contribution in [1.29, 1.82) is 0 Å². The lowest BCUT2D eigenvalue weighted by Gasteiger charge is -2.16. The second-order valence-corrected chi connectivity index (χ2v) is 4.30. The third kappa shape index (κ3) is 3.61. The maximum atomic E-state index is 11.1. The van der Waals surface area contributed by atoms with E-state index in [0.29, 0.717) is 17.2 Å². The van der Waals surface area contributed by atoms with Gasteiger partial charge in [0.05, 0.1) is 5.02 Å². The summed E-state index contributed by atoms with van der Waals surface area (Å²) in [6, 6.07) is 5.15. The molecule has 0 aliphatic rings. The average molecular weight is 257 g/mol. The molecule has 0 heterocycles. The Morgan fingerprint density at radius 2 is 2.18 bits per heavy atom. The largest absolute Gasteiger partial charge is 0.479 e. The molecule has 0 bridgehead atoms. The molecular weight excluding hydrogens is 240 g/mol. The van der Waals surface area contributed by atoms with Crippen LogP contribution >= 0.6 is 11.6 Å². The van der Waals surface area contributed by atoms with E-state index in [9.17, 15) is 4.79 Å². The number of benzene rings is 1.